The second-order valence-electron chi connectivity index (χ2n) is 1.35. The molecular formula is C4H6N2O2S. The molecule has 2 N–H and O–H groups in total. The first-order chi connectivity index (χ1) is 4.34. The highest BCUT2D eigenvalue weighted by Gasteiger charge is 2.13. The summed E-state index contributed by atoms with van der Waals surface area (Å²) in [5.41, 5.74) is 2.64. The van der Waals surface area contributed by atoms with Gasteiger partial charge in [0.1, 0.15) is 4.91 Å². The maximum absolute atomic E-state index is 10.6. The highest BCUT2D eigenvalue weighted by Crippen LogP contribution is 2.14. The highest BCUT2D eigenvalue weighted by atomic mass is 32.2. The minimum Gasteiger partial charge on any atom is -0.465 e. The molecule has 0 aromatic rings. The Kier molecular flexibility index (Phi) is 1.96. The van der Waals surface area contributed by atoms with Crippen molar-refractivity contribution in [2.45, 2.75) is 0 Å². The Morgan fingerprint density at radius 2 is 2.67 bits per heavy atom. The summed E-state index contributed by atoms with van der Waals surface area (Å²) in [5.74, 6) is -0.322. The first-order valence-electron chi connectivity index (χ1n) is 2.30. The van der Waals surface area contributed by atoms with Gasteiger partial charge in [-0.15, -0.1) is 0 Å². The van der Waals surface area contributed by atoms with Crippen LogP contribution in [0.4, 0.5) is 0 Å². The molecule has 0 fully saturated rings. The Labute approximate surface area is 56.7 Å². The summed E-state index contributed by atoms with van der Waals surface area (Å²) in [6, 6.07) is 0. The topological polar surface area (TPSA) is 50.4 Å². The Morgan fingerprint density at radius 1 is 1.89 bits per heavy atom. The lowest BCUT2D eigenvalue weighted by molar-refractivity contribution is -0.135. The zero-order valence-electron chi connectivity index (χ0n) is 4.80. The van der Waals surface area contributed by atoms with Crippen LogP contribution in [0.3, 0.4) is 0 Å². The number of carbonyl (C=O) groups excluding carboxylic acids is 1. The normalized spacial score (nSPS) is 16.3. The van der Waals surface area contributed by atoms with Gasteiger partial charge in [0.05, 0.1) is 7.11 Å². The van der Waals surface area contributed by atoms with Gasteiger partial charge in [0.15, 0.2) is 0 Å². The molecule has 0 aromatic carbocycles. The summed E-state index contributed by atoms with van der Waals surface area (Å²) < 4.78 is 4.43. The molecule has 1 heterocycles. The van der Waals surface area contributed by atoms with Crippen molar-refractivity contribution in [1.82, 2.24) is 10.3 Å². The molecule has 0 radical (unpaired) electrons. The molecule has 50 valence electrons. The van der Waals surface area contributed by atoms with Gasteiger partial charge in [-0.25, -0.2) is 4.79 Å². The SMILES string of the molecule is COC(=O)C1=CNNS1. The maximum atomic E-state index is 10.6. The molecule has 1 aliphatic heterocycles. The van der Waals surface area contributed by atoms with E-state index in [1.807, 2.05) is 0 Å². The minimum atomic E-state index is -0.322. The second kappa shape index (κ2) is 2.75. The van der Waals surface area contributed by atoms with E-state index >= 15 is 0 Å². The third kappa shape index (κ3) is 1.36. The van der Waals surface area contributed by atoms with Crippen LogP contribution in [-0.2, 0) is 9.53 Å². The average Bonchev–Trinajstić information content (AvgIpc) is 2.37. The Hall–Kier alpha value is -0.680. The summed E-state index contributed by atoms with van der Waals surface area (Å²) in [7, 11) is 1.35. The molecule has 0 saturated heterocycles. The van der Waals surface area contributed by atoms with Crippen molar-refractivity contribution in [2.24, 2.45) is 0 Å². The second-order valence-corrected chi connectivity index (χ2v) is 2.20. The lowest BCUT2D eigenvalue weighted by Crippen LogP contribution is -2.11. The van der Waals surface area contributed by atoms with Gasteiger partial charge in [0.25, 0.3) is 0 Å². The molecule has 0 saturated carbocycles. The molecule has 0 atom stereocenters. The third-order valence-electron chi connectivity index (χ3n) is 0.810. The standard InChI is InChI=1S/C4H6N2O2S/c1-8-4(7)3-2-5-6-9-3/h2,5-6H,1H3. The predicted octanol–water partition coefficient (Wildman–Crippen LogP) is -0.243. The van der Waals surface area contributed by atoms with E-state index in [2.05, 4.69) is 15.0 Å². The van der Waals surface area contributed by atoms with Gasteiger partial charge in [-0.05, 0) is 11.9 Å². The highest BCUT2D eigenvalue weighted by molar-refractivity contribution is 8.02. The molecule has 0 bridgehead atoms. The summed E-state index contributed by atoms with van der Waals surface area (Å²) in [4.78, 5) is 13.8. The fourth-order valence-corrected chi connectivity index (χ4v) is 0.922. The molecular weight excluding hydrogens is 140 g/mol. The van der Waals surface area contributed by atoms with Gasteiger partial charge in [-0.3, -0.25) is 0 Å². The van der Waals surface area contributed by atoms with Crippen molar-refractivity contribution in [3.05, 3.63) is 11.1 Å². The van der Waals surface area contributed by atoms with E-state index in [-0.39, 0.29) is 5.97 Å². The van der Waals surface area contributed by atoms with Gasteiger partial charge in [0, 0.05) is 6.20 Å². The molecule has 5 heteroatoms. The van der Waals surface area contributed by atoms with E-state index < -0.39 is 0 Å². The van der Waals surface area contributed by atoms with Crippen LogP contribution in [0.5, 0.6) is 0 Å². The van der Waals surface area contributed by atoms with E-state index in [0.29, 0.717) is 4.91 Å². The van der Waals surface area contributed by atoms with Crippen molar-refractivity contribution in [2.75, 3.05) is 7.11 Å². The lowest BCUT2D eigenvalue weighted by atomic mass is 10.6. The molecule has 1 aliphatic rings. The van der Waals surface area contributed by atoms with Gasteiger partial charge >= 0.3 is 5.97 Å². The van der Waals surface area contributed by atoms with Gasteiger partial charge in [-0.1, -0.05) is 0 Å². The van der Waals surface area contributed by atoms with Crippen LogP contribution in [0, 0.1) is 0 Å². The van der Waals surface area contributed by atoms with Crippen molar-refractivity contribution in [1.29, 1.82) is 0 Å². The maximum Gasteiger partial charge on any atom is 0.347 e. The van der Waals surface area contributed by atoms with Gasteiger partial charge < -0.3 is 10.2 Å². The van der Waals surface area contributed by atoms with Crippen LogP contribution in [0.1, 0.15) is 0 Å². The predicted molar refractivity (Wildman–Crippen MR) is 34.0 cm³/mol. The monoisotopic (exact) mass is 146 g/mol. The Morgan fingerprint density at radius 3 is 3.11 bits per heavy atom. The first kappa shape index (κ1) is 6.44. The van der Waals surface area contributed by atoms with Crippen molar-refractivity contribution < 1.29 is 9.53 Å². The summed E-state index contributed by atoms with van der Waals surface area (Å²) in [6.07, 6.45) is 1.55. The van der Waals surface area contributed by atoms with Crippen LogP contribution in [0.15, 0.2) is 11.1 Å². The quantitative estimate of drug-likeness (QED) is 0.395. The number of ether oxygens (including phenoxy) is 1. The minimum absolute atomic E-state index is 0.322. The van der Waals surface area contributed by atoms with E-state index in [0.717, 1.165) is 0 Å². The number of esters is 1. The molecule has 0 unspecified atom stereocenters. The van der Waals surface area contributed by atoms with Gasteiger partial charge in [-0.2, -0.15) is 4.83 Å². The van der Waals surface area contributed by atoms with E-state index in [1.54, 1.807) is 6.20 Å². The number of hydrogen-bond donors (Lipinski definition) is 2. The number of carbonyl (C=O) groups is 1. The Bertz CT molecular complexity index is 157. The molecule has 1 rings (SSSR count). The molecule has 0 spiro atoms. The van der Waals surface area contributed by atoms with E-state index in [9.17, 15) is 4.79 Å². The number of hydrazine groups is 1. The van der Waals surface area contributed by atoms with Crippen LogP contribution in [0.25, 0.3) is 0 Å². The largest absolute Gasteiger partial charge is 0.465 e. The van der Waals surface area contributed by atoms with Crippen LogP contribution >= 0.6 is 11.9 Å². The van der Waals surface area contributed by atoms with Crippen LogP contribution in [0.2, 0.25) is 0 Å². The fourth-order valence-electron chi connectivity index (χ4n) is 0.410. The summed E-state index contributed by atoms with van der Waals surface area (Å²) >= 11 is 1.20. The van der Waals surface area contributed by atoms with Crippen LogP contribution in [-0.4, -0.2) is 13.1 Å². The molecule has 0 aliphatic carbocycles. The first-order valence-corrected chi connectivity index (χ1v) is 3.12. The number of hydrogen-bond acceptors (Lipinski definition) is 5. The smallest absolute Gasteiger partial charge is 0.347 e. The van der Waals surface area contributed by atoms with E-state index in [4.69, 9.17) is 0 Å². The average molecular weight is 146 g/mol. The van der Waals surface area contributed by atoms with Crippen molar-refractivity contribution >= 4 is 17.9 Å². The van der Waals surface area contributed by atoms with Crippen molar-refractivity contribution in [3.8, 4) is 0 Å². The zero-order valence-corrected chi connectivity index (χ0v) is 5.62. The molecule has 9 heavy (non-hydrogen) atoms. The number of rotatable bonds is 1. The van der Waals surface area contributed by atoms with Crippen LogP contribution < -0.4 is 10.3 Å². The lowest BCUT2D eigenvalue weighted by Gasteiger charge is -1.93. The number of methoxy groups -OCH3 is 1. The zero-order chi connectivity index (χ0) is 6.69. The molecule has 0 amide bonds. The summed E-state index contributed by atoms with van der Waals surface area (Å²) in [5, 5.41) is 0. The van der Waals surface area contributed by atoms with E-state index in [1.165, 1.54) is 19.1 Å². The summed E-state index contributed by atoms with van der Waals surface area (Å²) in [6.45, 7) is 0. The Balaban J connectivity index is 2.51. The molecule has 0 aromatic heterocycles. The fraction of sp³-hybridized carbons (Fsp3) is 0.250. The van der Waals surface area contributed by atoms with Gasteiger partial charge in [0.2, 0.25) is 0 Å². The molecule has 4 nitrogen and oxygen atoms in total. The van der Waals surface area contributed by atoms with Crippen molar-refractivity contribution in [3.63, 3.8) is 0 Å². The number of nitrogens with one attached hydrogen (secondary N) is 2. The third-order valence-corrected chi connectivity index (χ3v) is 1.53.